The number of ether oxygens (including phenoxy) is 1. The molecule has 7 rings (SSSR count). The van der Waals surface area contributed by atoms with E-state index in [0.717, 1.165) is 57.1 Å². The summed E-state index contributed by atoms with van der Waals surface area (Å²) in [6.07, 6.45) is 4.00. The van der Waals surface area contributed by atoms with Gasteiger partial charge in [-0.3, -0.25) is 0 Å². The van der Waals surface area contributed by atoms with Crippen LogP contribution in [0.2, 0.25) is 0 Å². The van der Waals surface area contributed by atoms with E-state index >= 15 is 0 Å². The molecule has 0 saturated heterocycles. The minimum atomic E-state index is -0.116. The van der Waals surface area contributed by atoms with Crippen LogP contribution in [0.4, 0.5) is 11.5 Å². The van der Waals surface area contributed by atoms with Crippen LogP contribution < -0.4 is 9.64 Å². The van der Waals surface area contributed by atoms with Crippen molar-refractivity contribution in [3.8, 4) is 22.9 Å². The van der Waals surface area contributed by atoms with Crippen LogP contribution in [0.15, 0.2) is 91.1 Å². The molecule has 1 aliphatic rings. The predicted octanol–water partition coefficient (Wildman–Crippen LogP) is 11.3. The zero-order chi connectivity index (χ0) is 36.3. The van der Waals surface area contributed by atoms with E-state index in [-0.39, 0.29) is 16.2 Å². The topological polar surface area (TPSA) is 35.2 Å². The summed E-state index contributed by atoms with van der Waals surface area (Å²) in [4.78, 5) is 7.09. The van der Waals surface area contributed by atoms with E-state index in [1.165, 1.54) is 22.3 Å². The fourth-order valence-electron chi connectivity index (χ4n) is 6.75. The molecule has 0 amide bonds. The van der Waals surface area contributed by atoms with Gasteiger partial charge in [0.1, 0.15) is 0 Å². The minimum absolute atomic E-state index is 0.0373. The molecule has 0 unspecified atom stereocenters. The van der Waals surface area contributed by atoms with E-state index in [0.29, 0.717) is 11.5 Å². The van der Waals surface area contributed by atoms with Gasteiger partial charge in [0, 0.05) is 6.20 Å². The molecular formula is C45H48N4OPt-2. The average Bonchev–Trinajstić information content (AvgIpc) is 3.38. The van der Waals surface area contributed by atoms with Gasteiger partial charge in [-0.15, -0.1) is 0 Å². The van der Waals surface area contributed by atoms with Crippen molar-refractivity contribution in [1.82, 2.24) is 14.1 Å². The molecule has 0 atom stereocenters. The fraction of sp³-hybridized carbons (Fsp3) is 0.333. The van der Waals surface area contributed by atoms with Gasteiger partial charge in [-0.2, -0.15) is 0 Å². The molecule has 0 bridgehead atoms. The molecule has 2 aromatic heterocycles. The Kier molecular flexibility index (Phi) is 9.03. The second kappa shape index (κ2) is 13.1. The van der Waals surface area contributed by atoms with E-state index < -0.39 is 0 Å². The molecule has 0 saturated carbocycles. The number of hydrogen-bond donors (Lipinski definition) is 0. The van der Waals surface area contributed by atoms with Crippen molar-refractivity contribution in [2.75, 3.05) is 11.4 Å². The van der Waals surface area contributed by atoms with Crippen LogP contribution in [0.3, 0.4) is 0 Å². The Morgan fingerprint density at radius 1 is 0.667 bits per heavy atom. The molecule has 4 aromatic carbocycles. The second-order valence-electron chi connectivity index (χ2n) is 16.8. The number of benzene rings is 4. The zero-order valence-corrected chi connectivity index (χ0v) is 33.6. The van der Waals surface area contributed by atoms with Crippen LogP contribution in [-0.4, -0.2) is 20.7 Å². The van der Waals surface area contributed by atoms with Gasteiger partial charge >= 0.3 is 272 Å². The van der Waals surface area contributed by atoms with Crippen molar-refractivity contribution >= 4 is 22.5 Å². The van der Waals surface area contributed by atoms with Gasteiger partial charge in [0.05, 0.1) is 0 Å². The molecule has 3 heterocycles. The van der Waals surface area contributed by atoms with Gasteiger partial charge in [0.25, 0.3) is 0 Å². The normalized spacial score (nSPS) is 13.8. The number of para-hydroxylation sites is 2. The van der Waals surface area contributed by atoms with Gasteiger partial charge in [0.2, 0.25) is 0 Å². The summed E-state index contributed by atoms with van der Waals surface area (Å²) in [5.74, 6) is 2.29. The molecular weight excluding hydrogens is 808 g/mol. The third-order valence-corrected chi connectivity index (χ3v) is 10.8. The van der Waals surface area contributed by atoms with Crippen LogP contribution in [0, 0.1) is 15.9 Å². The number of nitrogens with zero attached hydrogens (tertiary/aromatic N) is 4. The number of aryl methyl sites for hydroxylation is 1. The summed E-state index contributed by atoms with van der Waals surface area (Å²) in [6, 6.07) is 37.8. The van der Waals surface area contributed by atoms with Crippen LogP contribution in [0.25, 0.3) is 22.4 Å². The van der Waals surface area contributed by atoms with Crippen LogP contribution in [-0.2, 0) is 42.0 Å². The summed E-state index contributed by atoms with van der Waals surface area (Å²) in [5.41, 5.74) is 10.4. The maximum atomic E-state index is 6.71. The van der Waals surface area contributed by atoms with Crippen molar-refractivity contribution in [3.05, 3.63) is 129 Å². The Balaban J connectivity index is 1.31. The fourth-order valence-corrected chi connectivity index (χ4v) is 7.86. The second-order valence-corrected chi connectivity index (χ2v) is 17.8. The van der Waals surface area contributed by atoms with Crippen molar-refractivity contribution < 1.29 is 24.1 Å². The summed E-state index contributed by atoms with van der Waals surface area (Å²) in [6.45, 7) is 21.1. The van der Waals surface area contributed by atoms with Crippen molar-refractivity contribution in [2.24, 2.45) is 0 Å². The third-order valence-electron chi connectivity index (χ3n) is 9.82. The Labute approximate surface area is 314 Å². The van der Waals surface area contributed by atoms with Gasteiger partial charge in [-0.1, -0.05) is 20.8 Å². The average molecular weight is 856 g/mol. The molecule has 0 spiro atoms. The van der Waals surface area contributed by atoms with Gasteiger partial charge in [0.15, 0.2) is 0 Å². The third kappa shape index (κ3) is 7.03. The number of anilines is 2. The number of hydrogen-bond acceptors (Lipinski definition) is 3. The molecule has 0 N–H and O–H groups in total. The Morgan fingerprint density at radius 2 is 1.33 bits per heavy atom. The summed E-state index contributed by atoms with van der Waals surface area (Å²) in [5, 5.41) is 0. The van der Waals surface area contributed by atoms with E-state index in [4.69, 9.17) is 9.72 Å². The number of imidazole rings is 1. The number of rotatable bonds is 5. The monoisotopic (exact) mass is 855 g/mol. The molecule has 6 heteroatoms. The van der Waals surface area contributed by atoms with Crippen molar-refractivity contribution in [3.63, 3.8) is 0 Å². The standard InChI is InChI=1S/C45H48N4O.Pt/c1-43(2,3)32-17-19-35(20-18-32)48-30-49(40-15-11-10-14-39(40)48)36-25-34(45(7,8)9)26-38(28-36)50-37-21-16-31-13-12-24-47(41(31)29-37)42-27-33(22-23-46-42)44(4,5)6;/h10-11,14-23,25-27H,12-13,24H2,1-9H3;/q-2;. The first-order chi connectivity index (χ1) is 24.1. The van der Waals surface area contributed by atoms with E-state index in [1.807, 2.05) is 12.3 Å². The molecule has 266 valence electrons. The Bertz CT molecular complexity index is 2290. The van der Waals surface area contributed by atoms with E-state index in [9.17, 15) is 0 Å². The first kappa shape index (κ1) is 35.2. The molecule has 1 aliphatic heterocycles. The summed E-state index contributed by atoms with van der Waals surface area (Å²) in [7, 11) is 0. The Morgan fingerprint density at radius 3 is 2.00 bits per heavy atom. The molecule has 51 heavy (non-hydrogen) atoms. The number of aromatic nitrogens is 3. The Hall–Kier alpha value is -4.21. The number of fused-ring (bicyclic) bond motifs is 2. The van der Waals surface area contributed by atoms with E-state index in [2.05, 4.69) is 187 Å². The molecule has 0 radical (unpaired) electrons. The number of pyridine rings is 1. The molecule has 0 aliphatic carbocycles. The predicted molar refractivity (Wildman–Crippen MR) is 206 cm³/mol. The SMILES string of the molecule is CC(C)(C)c1ccc(-n2[c](=[Pt])n(-c3[c-]c(Oc4[c-]c5c(cc4)CCCN5c4cc(C(C)(C)C)ccn4)cc(C(C)(C)C)c3)c3ccccc32)cc1. The van der Waals surface area contributed by atoms with Crippen LogP contribution in [0.1, 0.15) is 91.0 Å². The van der Waals surface area contributed by atoms with E-state index in [1.54, 1.807) is 0 Å². The summed E-state index contributed by atoms with van der Waals surface area (Å²) >= 11 is 2.46. The summed E-state index contributed by atoms with van der Waals surface area (Å²) < 4.78 is 12.4. The van der Waals surface area contributed by atoms with Crippen LogP contribution >= 0.6 is 0 Å². The van der Waals surface area contributed by atoms with Gasteiger partial charge in [-0.25, -0.2) is 0 Å². The zero-order valence-electron chi connectivity index (χ0n) is 31.3. The van der Waals surface area contributed by atoms with Crippen LogP contribution in [0.5, 0.6) is 11.5 Å². The maximum absolute atomic E-state index is 6.71. The molecule has 6 aromatic rings. The molecule has 5 nitrogen and oxygen atoms in total. The molecule has 0 fully saturated rings. The first-order valence-electron chi connectivity index (χ1n) is 17.9. The van der Waals surface area contributed by atoms with Gasteiger partial charge in [-0.05, 0) is 17.0 Å². The van der Waals surface area contributed by atoms with Crippen molar-refractivity contribution in [2.45, 2.75) is 91.4 Å². The first-order valence-corrected chi connectivity index (χ1v) is 19.1. The van der Waals surface area contributed by atoms with Gasteiger partial charge < -0.3 is 0 Å². The van der Waals surface area contributed by atoms with Crippen molar-refractivity contribution in [1.29, 1.82) is 0 Å². The quantitative estimate of drug-likeness (QED) is 0.162.